The Labute approximate surface area is 194 Å². The molecule has 5 aromatic rings. The van der Waals surface area contributed by atoms with Crippen LogP contribution < -0.4 is 5.32 Å². The van der Waals surface area contributed by atoms with Crippen molar-refractivity contribution in [3.05, 3.63) is 91.0 Å². The number of nitrogens with zero attached hydrogens (tertiary/aromatic N) is 3. The molecule has 0 saturated heterocycles. The van der Waals surface area contributed by atoms with Crippen LogP contribution >= 0.6 is 0 Å². The summed E-state index contributed by atoms with van der Waals surface area (Å²) in [6.07, 6.45) is 1.04. The fraction of sp³-hybridized carbons (Fsp3) is 0.172. The van der Waals surface area contributed by atoms with E-state index in [1.165, 1.54) is 10.8 Å². The minimum Gasteiger partial charge on any atom is -0.369 e. The van der Waals surface area contributed by atoms with Crippen LogP contribution in [0.1, 0.15) is 6.42 Å². The Kier molecular flexibility index (Phi) is 6.01. The van der Waals surface area contributed by atoms with Gasteiger partial charge in [0.2, 0.25) is 0 Å². The first-order chi connectivity index (χ1) is 16.2. The SMILES string of the molecule is CN(C)CCCNc1nc(-c2ccc3ccccc3c2)nc2c(-c3ccccc3)cccc12. The lowest BCUT2D eigenvalue weighted by atomic mass is 10.0. The maximum Gasteiger partial charge on any atom is 0.162 e. The molecule has 0 aliphatic rings. The van der Waals surface area contributed by atoms with E-state index in [1.807, 2.05) is 6.07 Å². The smallest absolute Gasteiger partial charge is 0.162 e. The van der Waals surface area contributed by atoms with Crippen LogP contribution in [0.4, 0.5) is 5.82 Å². The first-order valence-corrected chi connectivity index (χ1v) is 11.4. The van der Waals surface area contributed by atoms with Crippen LogP contribution in [0.15, 0.2) is 91.0 Å². The number of rotatable bonds is 7. The van der Waals surface area contributed by atoms with Gasteiger partial charge >= 0.3 is 0 Å². The average molecular weight is 433 g/mol. The summed E-state index contributed by atoms with van der Waals surface area (Å²) in [6.45, 7) is 1.89. The molecule has 4 heteroatoms. The predicted octanol–water partition coefficient (Wildman–Crippen LogP) is 6.48. The van der Waals surface area contributed by atoms with Crippen LogP contribution in [-0.2, 0) is 0 Å². The third-order valence-corrected chi connectivity index (χ3v) is 5.89. The van der Waals surface area contributed by atoms with Crippen LogP contribution in [0.25, 0.3) is 44.2 Å². The molecule has 1 aromatic heterocycles. The van der Waals surface area contributed by atoms with Crippen molar-refractivity contribution in [2.75, 3.05) is 32.5 Å². The maximum atomic E-state index is 5.09. The zero-order valence-electron chi connectivity index (χ0n) is 19.1. The average Bonchev–Trinajstić information content (AvgIpc) is 2.86. The molecular formula is C29H28N4. The molecule has 4 aromatic carbocycles. The highest BCUT2D eigenvalue weighted by atomic mass is 15.1. The van der Waals surface area contributed by atoms with Crippen molar-refractivity contribution in [2.45, 2.75) is 6.42 Å². The molecule has 0 spiro atoms. The molecular weight excluding hydrogens is 404 g/mol. The molecule has 0 amide bonds. The fourth-order valence-electron chi connectivity index (χ4n) is 4.20. The molecule has 1 heterocycles. The van der Waals surface area contributed by atoms with Gasteiger partial charge in [0.25, 0.3) is 0 Å². The molecule has 0 unspecified atom stereocenters. The number of anilines is 1. The van der Waals surface area contributed by atoms with Gasteiger partial charge in [-0.25, -0.2) is 9.97 Å². The Morgan fingerprint density at radius 2 is 1.52 bits per heavy atom. The van der Waals surface area contributed by atoms with Gasteiger partial charge in [-0.2, -0.15) is 0 Å². The molecule has 0 saturated carbocycles. The van der Waals surface area contributed by atoms with E-state index in [0.29, 0.717) is 0 Å². The summed E-state index contributed by atoms with van der Waals surface area (Å²) in [5.41, 5.74) is 4.27. The number of fused-ring (bicyclic) bond motifs is 2. The summed E-state index contributed by atoms with van der Waals surface area (Å²) in [5, 5.41) is 7.05. The van der Waals surface area contributed by atoms with Crippen molar-refractivity contribution in [3.8, 4) is 22.5 Å². The summed E-state index contributed by atoms with van der Waals surface area (Å²) >= 11 is 0. The van der Waals surface area contributed by atoms with E-state index in [0.717, 1.165) is 58.7 Å². The van der Waals surface area contributed by atoms with Crippen molar-refractivity contribution in [3.63, 3.8) is 0 Å². The molecule has 0 bridgehead atoms. The molecule has 4 nitrogen and oxygen atoms in total. The van der Waals surface area contributed by atoms with Gasteiger partial charge in [0.05, 0.1) is 5.52 Å². The van der Waals surface area contributed by atoms with E-state index in [-0.39, 0.29) is 0 Å². The topological polar surface area (TPSA) is 41.0 Å². The molecule has 0 fully saturated rings. The van der Waals surface area contributed by atoms with Crippen LogP contribution in [-0.4, -0.2) is 42.1 Å². The molecule has 164 valence electrons. The highest BCUT2D eigenvalue weighted by Crippen LogP contribution is 2.33. The van der Waals surface area contributed by atoms with E-state index in [2.05, 4.69) is 109 Å². The van der Waals surface area contributed by atoms with Gasteiger partial charge < -0.3 is 10.2 Å². The summed E-state index contributed by atoms with van der Waals surface area (Å²) in [7, 11) is 4.20. The molecule has 0 atom stereocenters. The predicted molar refractivity (Wildman–Crippen MR) is 140 cm³/mol. The molecule has 1 N–H and O–H groups in total. The molecule has 0 aliphatic carbocycles. The Balaban J connectivity index is 1.65. The number of para-hydroxylation sites is 1. The summed E-state index contributed by atoms with van der Waals surface area (Å²) in [6, 6.07) is 31.6. The Morgan fingerprint density at radius 3 is 2.33 bits per heavy atom. The molecule has 0 aliphatic heterocycles. The van der Waals surface area contributed by atoms with Crippen molar-refractivity contribution >= 4 is 27.5 Å². The lowest BCUT2D eigenvalue weighted by Crippen LogP contribution is -2.17. The second kappa shape index (κ2) is 9.39. The van der Waals surface area contributed by atoms with Crippen LogP contribution in [0.3, 0.4) is 0 Å². The summed E-state index contributed by atoms with van der Waals surface area (Å²) in [4.78, 5) is 12.3. The van der Waals surface area contributed by atoms with Gasteiger partial charge in [-0.3, -0.25) is 0 Å². The molecule has 0 radical (unpaired) electrons. The monoisotopic (exact) mass is 432 g/mol. The number of benzene rings is 4. The zero-order valence-corrected chi connectivity index (χ0v) is 19.1. The maximum absolute atomic E-state index is 5.09. The van der Waals surface area contributed by atoms with Gasteiger partial charge in [0.15, 0.2) is 5.82 Å². The number of aromatic nitrogens is 2. The standard InChI is InChI=1S/C29H28N4/c1-33(2)19-9-18-30-29-26-15-8-14-25(22-11-4-3-5-12-22)27(26)31-28(32-29)24-17-16-21-10-6-7-13-23(21)20-24/h3-8,10-17,20H,9,18-19H2,1-2H3,(H,30,31,32). The second-order valence-electron chi connectivity index (χ2n) is 8.61. The van der Waals surface area contributed by atoms with Gasteiger partial charge in [0.1, 0.15) is 5.82 Å². The summed E-state index contributed by atoms with van der Waals surface area (Å²) < 4.78 is 0. The lowest BCUT2D eigenvalue weighted by Gasteiger charge is -2.15. The lowest BCUT2D eigenvalue weighted by molar-refractivity contribution is 0.405. The zero-order chi connectivity index (χ0) is 22.6. The third kappa shape index (κ3) is 4.57. The van der Waals surface area contributed by atoms with Crippen molar-refractivity contribution < 1.29 is 0 Å². The van der Waals surface area contributed by atoms with E-state index in [1.54, 1.807) is 0 Å². The number of hydrogen-bond donors (Lipinski definition) is 1. The Bertz CT molecular complexity index is 1390. The quantitative estimate of drug-likeness (QED) is 0.299. The largest absolute Gasteiger partial charge is 0.369 e. The number of hydrogen-bond acceptors (Lipinski definition) is 4. The molecule has 33 heavy (non-hydrogen) atoms. The fourth-order valence-corrected chi connectivity index (χ4v) is 4.20. The first kappa shape index (κ1) is 21.1. The third-order valence-electron chi connectivity index (χ3n) is 5.89. The van der Waals surface area contributed by atoms with Gasteiger partial charge in [-0.1, -0.05) is 78.9 Å². The van der Waals surface area contributed by atoms with E-state index in [9.17, 15) is 0 Å². The second-order valence-corrected chi connectivity index (χ2v) is 8.61. The van der Waals surface area contributed by atoms with Crippen molar-refractivity contribution in [1.29, 1.82) is 0 Å². The normalized spacial score (nSPS) is 11.4. The van der Waals surface area contributed by atoms with Crippen LogP contribution in [0.5, 0.6) is 0 Å². The van der Waals surface area contributed by atoms with Crippen LogP contribution in [0, 0.1) is 0 Å². The highest BCUT2D eigenvalue weighted by molar-refractivity contribution is 6.00. The highest BCUT2D eigenvalue weighted by Gasteiger charge is 2.14. The Hall–Kier alpha value is -3.76. The van der Waals surface area contributed by atoms with E-state index in [4.69, 9.17) is 9.97 Å². The van der Waals surface area contributed by atoms with E-state index >= 15 is 0 Å². The minimum atomic E-state index is 0.742. The van der Waals surface area contributed by atoms with Crippen molar-refractivity contribution in [2.24, 2.45) is 0 Å². The van der Waals surface area contributed by atoms with Crippen LogP contribution in [0.2, 0.25) is 0 Å². The first-order valence-electron chi connectivity index (χ1n) is 11.4. The van der Waals surface area contributed by atoms with Crippen molar-refractivity contribution in [1.82, 2.24) is 14.9 Å². The number of nitrogens with one attached hydrogen (secondary N) is 1. The van der Waals surface area contributed by atoms with Gasteiger partial charge in [-0.05, 0) is 55.5 Å². The Morgan fingerprint density at radius 1 is 0.727 bits per heavy atom. The summed E-state index contributed by atoms with van der Waals surface area (Å²) in [5.74, 6) is 1.63. The minimum absolute atomic E-state index is 0.742. The van der Waals surface area contributed by atoms with E-state index < -0.39 is 0 Å². The van der Waals surface area contributed by atoms with Gasteiger partial charge in [-0.15, -0.1) is 0 Å². The van der Waals surface area contributed by atoms with Gasteiger partial charge in [0, 0.05) is 23.1 Å². The molecule has 5 rings (SSSR count).